The van der Waals surface area contributed by atoms with Crippen LogP contribution in [-0.4, -0.2) is 30.5 Å². The Hall–Kier alpha value is -2.33. The van der Waals surface area contributed by atoms with Crippen molar-refractivity contribution in [2.24, 2.45) is 5.92 Å². The molecule has 1 heterocycles. The molecule has 2 unspecified atom stereocenters. The molecule has 4 heteroatoms. The molecule has 0 spiro atoms. The van der Waals surface area contributed by atoms with E-state index in [-0.39, 0.29) is 17.9 Å². The van der Waals surface area contributed by atoms with Gasteiger partial charge in [-0.1, -0.05) is 48.0 Å². The van der Waals surface area contributed by atoms with Crippen LogP contribution in [0.5, 0.6) is 5.75 Å². The van der Waals surface area contributed by atoms with Crippen molar-refractivity contribution in [3.05, 3.63) is 65.2 Å². The molecule has 0 saturated carbocycles. The van der Waals surface area contributed by atoms with E-state index in [4.69, 9.17) is 4.74 Å². The van der Waals surface area contributed by atoms with Gasteiger partial charge in [0.05, 0.1) is 18.6 Å². The van der Waals surface area contributed by atoms with Crippen LogP contribution in [0.25, 0.3) is 0 Å². The number of carbonyl (C=O) groups is 1. The summed E-state index contributed by atoms with van der Waals surface area (Å²) in [5.41, 5.74) is 3.52. The normalized spacial score (nSPS) is 18.3. The number of nitrogens with zero attached hydrogens (tertiary/aromatic N) is 1. The van der Waals surface area contributed by atoms with Gasteiger partial charge in [-0.05, 0) is 45.4 Å². The van der Waals surface area contributed by atoms with E-state index in [1.165, 1.54) is 11.1 Å². The summed E-state index contributed by atoms with van der Waals surface area (Å²) < 4.78 is 5.74. The molecule has 3 rings (SSSR count). The Morgan fingerprint density at radius 3 is 2.78 bits per heavy atom. The topological polar surface area (TPSA) is 41.6 Å². The van der Waals surface area contributed by atoms with Crippen molar-refractivity contribution in [3.8, 4) is 5.75 Å². The monoisotopic (exact) mass is 366 g/mol. The number of hydrogen-bond acceptors (Lipinski definition) is 3. The summed E-state index contributed by atoms with van der Waals surface area (Å²) in [5, 5.41) is 3.20. The Kier molecular flexibility index (Phi) is 6.51. The maximum Gasteiger partial charge on any atom is 0.224 e. The molecule has 4 nitrogen and oxygen atoms in total. The molecular formula is C23H30N2O2. The van der Waals surface area contributed by atoms with Crippen molar-refractivity contribution in [1.82, 2.24) is 10.2 Å². The van der Waals surface area contributed by atoms with Gasteiger partial charge in [-0.3, -0.25) is 9.69 Å². The number of ether oxygens (including phenoxy) is 1. The van der Waals surface area contributed by atoms with E-state index < -0.39 is 0 Å². The summed E-state index contributed by atoms with van der Waals surface area (Å²) in [5.74, 6) is 1.05. The van der Waals surface area contributed by atoms with Gasteiger partial charge >= 0.3 is 0 Å². The lowest BCUT2D eigenvalue weighted by atomic mass is 10.0. The zero-order chi connectivity index (χ0) is 19.2. The zero-order valence-corrected chi connectivity index (χ0v) is 16.6. The smallest absolute Gasteiger partial charge is 0.224 e. The first-order chi connectivity index (χ1) is 13.1. The van der Waals surface area contributed by atoms with Crippen molar-refractivity contribution in [2.75, 3.05) is 19.7 Å². The maximum absolute atomic E-state index is 12.8. The van der Waals surface area contributed by atoms with Crippen LogP contribution in [0, 0.1) is 12.8 Å². The molecule has 0 aromatic heterocycles. The van der Waals surface area contributed by atoms with Gasteiger partial charge in [0.25, 0.3) is 0 Å². The summed E-state index contributed by atoms with van der Waals surface area (Å²) in [6.07, 6.45) is 0.914. The molecule has 2 atom stereocenters. The summed E-state index contributed by atoms with van der Waals surface area (Å²) in [6, 6.07) is 16.5. The van der Waals surface area contributed by atoms with Gasteiger partial charge in [-0.2, -0.15) is 0 Å². The highest BCUT2D eigenvalue weighted by Gasteiger charge is 2.29. The van der Waals surface area contributed by atoms with Crippen molar-refractivity contribution >= 4 is 5.91 Å². The van der Waals surface area contributed by atoms with E-state index in [1.807, 2.05) is 32.0 Å². The van der Waals surface area contributed by atoms with Crippen molar-refractivity contribution in [3.63, 3.8) is 0 Å². The van der Waals surface area contributed by atoms with E-state index in [1.54, 1.807) is 0 Å². The minimum absolute atomic E-state index is 0.0523. The predicted octanol–water partition coefficient (Wildman–Crippen LogP) is 4.09. The first kappa shape index (κ1) is 19.4. The molecule has 2 aromatic carbocycles. The second-order valence-corrected chi connectivity index (χ2v) is 7.41. The van der Waals surface area contributed by atoms with Gasteiger partial charge < -0.3 is 10.1 Å². The summed E-state index contributed by atoms with van der Waals surface area (Å²) in [6.45, 7) is 9.39. The second kappa shape index (κ2) is 9.05. The first-order valence-corrected chi connectivity index (χ1v) is 9.86. The van der Waals surface area contributed by atoms with Gasteiger partial charge in [-0.15, -0.1) is 0 Å². The Morgan fingerprint density at radius 2 is 2.04 bits per heavy atom. The van der Waals surface area contributed by atoms with E-state index in [2.05, 4.69) is 47.5 Å². The number of rotatable bonds is 7. The largest absolute Gasteiger partial charge is 0.494 e. The van der Waals surface area contributed by atoms with Crippen LogP contribution in [-0.2, 0) is 11.3 Å². The first-order valence-electron chi connectivity index (χ1n) is 9.86. The second-order valence-electron chi connectivity index (χ2n) is 7.41. The number of hydrogen-bond donors (Lipinski definition) is 1. The third-order valence-corrected chi connectivity index (χ3v) is 5.18. The van der Waals surface area contributed by atoms with E-state index in [0.717, 1.165) is 37.4 Å². The minimum Gasteiger partial charge on any atom is -0.494 e. The number of amides is 1. The quantitative estimate of drug-likeness (QED) is 0.802. The highest BCUT2D eigenvalue weighted by molar-refractivity contribution is 5.79. The average molecular weight is 367 g/mol. The number of aryl methyl sites for hydroxylation is 1. The van der Waals surface area contributed by atoms with Gasteiger partial charge in [0, 0.05) is 18.7 Å². The predicted molar refractivity (Wildman–Crippen MR) is 109 cm³/mol. The van der Waals surface area contributed by atoms with Crippen LogP contribution < -0.4 is 10.1 Å². The van der Waals surface area contributed by atoms with Gasteiger partial charge in [0.1, 0.15) is 5.75 Å². The summed E-state index contributed by atoms with van der Waals surface area (Å²) >= 11 is 0. The minimum atomic E-state index is -0.0675. The molecule has 1 saturated heterocycles. The molecule has 0 bridgehead atoms. The van der Waals surface area contributed by atoms with Crippen LogP contribution in [0.15, 0.2) is 48.5 Å². The van der Waals surface area contributed by atoms with Crippen LogP contribution >= 0.6 is 0 Å². The SMILES string of the molecule is CCOc1ccc(C)cc1C(C)NC(=O)C1CCN(Cc2ccccc2)C1. The summed E-state index contributed by atoms with van der Waals surface area (Å²) in [4.78, 5) is 15.2. The lowest BCUT2D eigenvalue weighted by Gasteiger charge is -2.21. The third-order valence-electron chi connectivity index (χ3n) is 5.18. The maximum atomic E-state index is 12.8. The van der Waals surface area contributed by atoms with E-state index in [0.29, 0.717) is 6.61 Å². The fourth-order valence-electron chi connectivity index (χ4n) is 3.73. The molecule has 1 aliphatic heterocycles. The van der Waals surface area contributed by atoms with Gasteiger partial charge in [0.15, 0.2) is 0 Å². The number of benzene rings is 2. The van der Waals surface area contributed by atoms with Crippen molar-refractivity contribution in [1.29, 1.82) is 0 Å². The van der Waals surface area contributed by atoms with Crippen LogP contribution in [0.4, 0.5) is 0 Å². The van der Waals surface area contributed by atoms with Crippen LogP contribution in [0.2, 0.25) is 0 Å². The highest BCUT2D eigenvalue weighted by atomic mass is 16.5. The van der Waals surface area contributed by atoms with Crippen molar-refractivity contribution < 1.29 is 9.53 Å². The Balaban J connectivity index is 1.58. The molecular weight excluding hydrogens is 336 g/mol. The molecule has 144 valence electrons. The Morgan fingerprint density at radius 1 is 1.26 bits per heavy atom. The highest BCUT2D eigenvalue weighted by Crippen LogP contribution is 2.27. The molecule has 2 aromatic rings. The standard InChI is InChI=1S/C23H30N2O2/c1-4-27-22-11-10-17(2)14-21(22)18(3)24-23(26)20-12-13-25(16-20)15-19-8-6-5-7-9-19/h5-11,14,18,20H,4,12-13,15-16H2,1-3H3,(H,24,26). The van der Waals surface area contributed by atoms with Gasteiger partial charge in [0.2, 0.25) is 5.91 Å². The zero-order valence-electron chi connectivity index (χ0n) is 16.6. The van der Waals surface area contributed by atoms with E-state index >= 15 is 0 Å². The Bertz CT molecular complexity index is 760. The third kappa shape index (κ3) is 5.10. The average Bonchev–Trinajstić information content (AvgIpc) is 3.13. The molecule has 0 aliphatic carbocycles. The van der Waals surface area contributed by atoms with Gasteiger partial charge in [-0.25, -0.2) is 0 Å². The number of likely N-dealkylation sites (tertiary alicyclic amines) is 1. The molecule has 0 radical (unpaired) electrons. The Labute approximate surface area is 162 Å². The lowest BCUT2D eigenvalue weighted by molar-refractivity contribution is -0.125. The number of carbonyl (C=O) groups excluding carboxylic acids is 1. The molecule has 1 amide bonds. The lowest BCUT2D eigenvalue weighted by Crippen LogP contribution is -2.34. The number of nitrogens with one attached hydrogen (secondary N) is 1. The summed E-state index contributed by atoms with van der Waals surface area (Å²) in [7, 11) is 0. The van der Waals surface area contributed by atoms with Crippen LogP contribution in [0.1, 0.15) is 43.0 Å². The molecule has 1 fully saturated rings. The van der Waals surface area contributed by atoms with E-state index in [9.17, 15) is 4.79 Å². The molecule has 27 heavy (non-hydrogen) atoms. The molecule has 1 N–H and O–H groups in total. The van der Waals surface area contributed by atoms with Crippen molar-refractivity contribution in [2.45, 2.75) is 39.8 Å². The fourth-order valence-corrected chi connectivity index (χ4v) is 3.73. The fraction of sp³-hybridized carbons (Fsp3) is 0.435. The van der Waals surface area contributed by atoms with Crippen LogP contribution in [0.3, 0.4) is 0 Å². The molecule has 1 aliphatic rings.